The number of urea groups is 1. The summed E-state index contributed by atoms with van der Waals surface area (Å²) in [6.45, 7) is 5.16. The molecule has 1 atom stereocenters. The summed E-state index contributed by atoms with van der Waals surface area (Å²) in [7, 11) is 0. The van der Waals surface area contributed by atoms with Crippen molar-refractivity contribution in [3.8, 4) is 0 Å². The third kappa shape index (κ3) is 4.37. The number of nitrogens with one attached hydrogen (secondary N) is 2. The first kappa shape index (κ1) is 15.2. The van der Waals surface area contributed by atoms with E-state index in [-0.39, 0.29) is 24.3 Å². The Kier molecular flexibility index (Phi) is 5.03. The van der Waals surface area contributed by atoms with Gasteiger partial charge in [-0.05, 0) is 19.4 Å². The third-order valence-electron chi connectivity index (χ3n) is 3.31. The highest BCUT2D eigenvalue weighted by molar-refractivity contribution is 5.74. The number of ether oxygens (including phenoxy) is 1. The van der Waals surface area contributed by atoms with Gasteiger partial charge in [0.1, 0.15) is 6.10 Å². The van der Waals surface area contributed by atoms with Gasteiger partial charge >= 0.3 is 12.1 Å². The molecule has 0 bridgehead atoms. The maximum Gasteiger partial charge on any atom is 0.410 e. The number of hydrogen-bond acceptors (Lipinski definition) is 3. The summed E-state index contributed by atoms with van der Waals surface area (Å²) in [5.41, 5.74) is 1.03. The Bertz CT molecular complexity index is 490. The van der Waals surface area contributed by atoms with Gasteiger partial charge in [0.25, 0.3) is 0 Å². The zero-order valence-corrected chi connectivity index (χ0v) is 12.3. The highest BCUT2D eigenvalue weighted by atomic mass is 16.6. The Morgan fingerprint density at radius 3 is 2.67 bits per heavy atom. The summed E-state index contributed by atoms with van der Waals surface area (Å²) in [6.07, 6.45) is -0.608. The standard InChI is InChI=1S/C15H21N3O3/c1-11(2)18-10-13(21-15(18)20)9-17-14(19)16-8-12-6-4-3-5-7-12/h3-7,11,13H,8-10H2,1-2H3,(H2,16,17,19). The van der Waals surface area contributed by atoms with Gasteiger partial charge in [0.15, 0.2) is 0 Å². The fraction of sp³-hybridized carbons (Fsp3) is 0.467. The van der Waals surface area contributed by atoms with Crippen molar-refractivity contribution >= 4 is 12.1 Å². The lowest BCUT2D eigenvalue weighted by Gasteiger charge is -2.16. The van der Waals surface area contributed by atoms with Gasteiger partial charge in [-0.2, -0.15) is 0 Å². The fourth-order valence-electron chi connectivity index (χ4n) is 2.12. The summed E-state index contributed by atoms with van der Waals surface area (Å²) in [5.74, 6) is 0. The Hall–Kier alpha value is -2.24. The zero-order chi connectivity index (χ0) is 15.2. The van der Waals surface area contributed by atoms with Crippen molar-refractivity contribution in [1.29, 1.82) is 0 Å². The lowest BCUT2D eigenvalue weighted by Crippen LogP contribution is -2.41. The first-order valence-corrected chi connectivity index (χ1v) is 7.09. The van der Waals surface area contributed by atoms with E-state index >= 15 is 0 Å². The number of hydrogen-bond donors (Lipinski definition) is 2. The molecule has 1 unspecified atom stereocenters. The van der Waals surface area contributed by atoms with Crippen molar-refractivity contribution in [2.24, 2.45) is 0 Å². The van der Waals surface area contributed by atoms with Gasteiger partial charge < -0.3 is 20.3 Å². The van der Waals surface area contributed by atoms with E-state index in [4.69, 9.17) is 4.74 Å². The van der Waals surface area contributed by atoms with Gasteiger partial charge in [-0.15, -0.1) is 0 Å². The third-order valence-corrected chi connectivity index (χ3v) is 3.31. The molecule has 0 saturated carbocycles. The quantitative estimate of drug-likeness (QED) is 0.867. The highest BCUT2D eigenvalue weighted by Crippen LogP contribution is 2.13. The van der Waals surface area contributed by atoms with Gasteiger partial charge in [0, 0.05) is 12.6 Å². The second kappa shape index (κ2) is 6.97. The van der Waals surface area contributed by atoms with E-state index < -0.39 is 0 Å². The first-order valence-electron chi connectivity index (χ1n) is 7.09. The van der Waals surface area contributed by atoms with E-state index in [0.29, 0.717) is 19.6 Å². The molecule has 1 saturated heterocycles. The van der Waals surface area contributed by atoms with Gasteiger partial charge in [-0.3, -0.25) is 0 Å². The molecule has 1 aromatic rings. The molecule has 21 heavy (non-hydrogen) atoms. The van der Waals surface area contributed by atoms with E-state index in [1.54, 1.807) is 4.90 Å². The average molecular weight is 291 g/mol. The number of carbonyl (C=O) groups is 2. The molecule has 6 nitrogen and oxygen atoms in total. The molecule has 1 fully saturated rings. The monoisotopic (exact) mass is 291 g/mol. The molecule has 2 N–H and O–H groups in total. The number of rotatable bonds is 5. The molecule has 0 radical (unpaired) electrons. The van der Waals surface area contributed by atoms with Crippen LogP contribution in [0.15, 0.2) is 30.3 Å². The molecule has 1 aliphatic heterocycles. The predicted octanol–water partition coefficient (Wildman–Crippen LogP) is 1.71. The van der Waals surface area contributed by atoms with Gasteiger partial charge in [-0.25, -0.2) is 9.59 Å². The van der Waals surface area contributed by atoms with Crippen LogP contribution in [0.5, 0.6) is 0 Å². The number of carbonyl (C=O) groups excluding carboxylic acids is 2. The molecule has 0 aliphatic carbocycles. The topological polar surface area (TPSA) is 70.7 Å². The average Bonchev–Trinajstić information content (AvgIpc) is 2.85. The molecular weight excluding hydrogens is 270 g/mol. The molecule has 6 heteroatoms. The molecule has 1 aliphatic rings. The normalized spacial score (nSPS) is 17.8. The van der Waals surface area contributed by atoms with Gasteiger partial charge in [0.05, 0.1) is 13.1 Å². The summed E-state index contributed by atoms with van der Waals surface area (Å²) in [4.78, 5) is 24.9. The van der Waals surface area contributed by atoms with Crippen molar-refractivity contribution in [1.82, 2.24) is 15.5 Å². The largest absolute Gasteiger partial charge is 0.442 e. The highest BCUT2D eigenvalue weighted by Gasteiger charge is 2.32. The van der Waals surface area contributed by atoms with Crippen LogP contribution >= 0.6 is 0 Å². The van der Waals surface area contributed by atoms with Gasteiger partial charge in [-0.1, -0.05) is 30.3 Å². The Labute approximate surface area is 124 Å². The van der Waals surface area contributed by atoms with Crippen LogP contribution in [0.4, 0.5) is 9.59 Å². The molecule has 0 spiro atoms. The second-order valence-electron chi connectivity index (χ2n) is 5.30. The van der Waals surface area contributed by atoms with E-state index in [9.17, 15) is 9.59 Å². The molecular formula is C15H21N3O3. The molecule has 1 heterocycles. The number of amides is 3. The van der Waals surface area contributed by atoms with E-state index in [0.717, 1.165) is 5.56 Å². The molecule has 2 rings (SSSR count). The lowest BCUT2D eigenvalue weighted by atomic mass is 10.2. The summed E-state index contributed by atoms with van der Waals surface area (Å²) >= 11 is 0. The second-order valence-corrected chi connectivity index (χ2v) is 5.30. The minimum atomic E-state index is -0.318. The van der Waals surface area contributed by atoms with E-state index in [1.807, 2.05) is 44.2 Å². The van der Waals surface area contributed by atoms with E-state index in [1.165, 1.54) is 0 Å². The van der Waals surface area contributed by atoms with Gasteiger partial charge in [0.2, 0.25) is 0 Å². The van der Waals surface area contributed by atoms with Crippen LogP contribution in [-0.4, -0.2) is 42.3 Å². The summed E-state index contributed by atoms with van der Waals surface area (Å²) in [5, 5.41) is 5.48. The van der Waals surface area contributed by atoms with Crippen molar-refractivity contribution in [3.05, 3.63) is 35.9 Å². The maximum atomic E-state index is 11.7. The van der Waals surface area contributed by atoms with Crippen LogP contribution in [0.1, 0.15) is 19.4 Å². The maximum absolute atomic E-state index is 11.7. The number of nitrogens with zero attached hydrogens (tertiary/aromatic N) is 1. The van der Waals surface area contributed by atoms with Crippen LogP contribution in [0, 0.1) is 0 Å². The molecule has 1 aromatic carbocycles. The predicted molar refractivity (Wildman–Crippen MR) is 78.8 cm³/mol. The minimum Gasteiger partial charge on any atom is -0.442 e. The lowest BCUT2D eigenvalue weighted by molar-refractivity contribution is 0.129. The Morgan fingerprint density at radius 2 is 2.05 bits per heavy atom. The summed E-state index contributed by atoms with van der Waals surface area (Å²) < 4.78 is 5.19. The minimum absolute atomic E-state index is 0.106. The van der Waals surface area contributed by atoms with Crippen LogP contribution in [0.25, 0.3) is 0 Å². The Balaban J connectivity index is 1.69. The smallest absolute Gasteiger partial charge is 0.410 e. The number of benzene rings is 1. The molecule has 114 valence electrons. The van der Waals surface area contributed by atoms with Crippen LogP contribution < -0.4 is 10.6 Å². The van der Waals surface area contributed by atoms with Crippen LogP contribution in [0.3, 0.4) is 0 Å². The van der Waals surface area contributed by atoms with Crippen molar-refractivity contribution < 1.29 is 14.3 Å². The summed E-state index contributed by atoms with van der Waals surface area (Å²) in [6, 6.07) is 9.51. The molecule has 3 amide bonds. The van der Waals surface area contributed by atoms with Crippen molar-refractivity contribution in [2.75, 3.05) is 13.1 Å². The van der Waals surface area contributed by atoms with Crippen molar-refractivity contribution in [3.63, 3.8) is 0 Å². The fourth-order valence-corrected chi connectivity index (χ4v) is 2.12. The van der Waals surface area contributed by atoms with E-state index in [2.05, 4.69) is 10.6 Å². The van der Waals surface area contributed by atoms with Crippen LogP contribution in [0.2, 0.25) is 0 Å². The number of cyclic esters (lactones) is 1. The zero-order valence-electron chi connectivity index (χ0n) is 12.3. The Morgan fingerprint density at radius 1 is 1.33 bits per heavy atom. The van der Waals surface area contributed by atoms with Crippen molar-refractivity contribution in [2.45, 2.75) is 32.5 Å². The first-order chi connectivity index (χ1) is 10.1. The van der Waals surface area contributed by atoms with Crippen LogP contribution in [-0.2, 0) is 11.3 Å². The SMILES string of the molecule is CC(C)N1CC(CNC(=O)NCc2ccccc2)OC1=O. The molecule has 0 aromatic heterocycles.